The molecule has 0 bridgehead atoms. The van der Waals surface area contributed by atoms with E-state index in [2.05, 4.69) is 25.9 Å². The molecule has 0 radical (unpaired) electrons. The lowest BCUT2D eigenvalue weighted by molar-refractivity contribution is 0.304. The fourth-order valence-corrected chi connectivity index (χ4v) is 3.72. The van der Waals surface area contributed by atoms with Crippen molar-refractivity contribution in [1.29, 1.82) is 0 Å². The first-order valence-electron chi connectivity index (χ1n) is 10.9. The van der Waals surface area contributed by atoms with Gasteiger partial charge in [0, 0.05) is 29.9 Å². The standard InChI is InChI=1S/C25H30BrN3O/c26-15-9-5-3-1-2-4-6-12-18-30-21-19-24(22-13-7-10-16-27-22)29-25(20-21)23-14-8-11-17-28-23/h7-8,10-11,13-14,16-17,19-20H,1-6,9,12,15,18H2. The molecule has 0 N–H and O–H groups in total. The molecule has 5 heteroatoms. The molecule has 3 aromatic heterocycles. The molecule has 0 saturated carbocycles. The Labute approximate surface area is 188 Å². The molecule has 0 aliphatic heterocycles. The van der Waals surface area contributed by atoms with Gasteiger partial charge in [0.25, 0.3) is 0 Å². The molecule has 3 rings (SSSR count). The number of aromatic nitrogens is 3. The van der Waals surface area contributed by atoms with E-state index in [1.807, 2.05) is 48.5 Å². The number of ether oxygens (including phenoxy) is 1. The van der Waals surface area contributed by atoms with Crippen LogP contribution in [0.2, 0.25) is 0 Å². The summed E-state index contributed by atoms with van der Waals surface area (Å²) in [5.41, 5.74) is 3.27. The lowest BCUT2D eigenvalue weighted by Crippen LogP contribution is -2.00. The van der Waals surface area contributed by atoms with Gasteiger partial charge in [-0.3, -0.25) is 9.97 Å². The van der Waals surface area contributed by atoms with E-state index >= 15 is 0 Å². The first-order chi connectivity index (χ1) is 14.9. The van der Waals surface area contributed by atoms with Gasteiger partial charge in [-0.25, -0.2) is 4.98 Å². The molecule has 0 unspecified atom stereocenters. The number of rotatable bonds is 13. The molecule has 0 saturated heterocycles. The Balaban J connectivity index is 1.55. The first-order valence-corrected chi connectivity index (χ1v) is 12.0. The van der Waals surface area contributed by atoms with Crippen molar-refractivity contribution in [2.45, 2.75) is 51.4 Å². The normalized spacial score (nSPS) is 10.8. The molecule has 0 aliphatic carbocycles. The second kappa shape index (κ2) is 13.1. The number of unbranched alkanes of at least 4 members (excludes halogenated alkanes) is 7. The van der Waals surface area contributed by atoms with Crippen molar-refractivity contribution < 1.29 is 4.74 Å². The molecule has 0 spiro atoms. The maximum absolute atomic E-state index is 6.09. The topological polar surface area (TPSA) is 47.9 Å². The third kappa shape index (κ3) is 7.52. The quantitative estimate of drug-likeness (QED) is 0.198. The zero-order valence-corrected chi connectivity index (χ0v) is 19.1. The number of pyridine rings is 3. The van der Waals surface area contributed by atoms with E-state index in [0.717, 1.165) is 46.9 Å². The van der Waals surface area contributed by atoms with Gasteiger partial charge in [0.15, 0.2) is 0 Å². The highest BCUT2D eigenvalue weighted by Gasteiger charge is 2.09. The molecule has 0 fully saturated rings. The monoisotopic (exact) mass is 467 g/mol. The fourth-order valence-electron chi connectivity index (χ4n) is 3.33. The van der Waals surface area contributed by atoms with Gasteiger partial charge in [-0.05, 0) is 37.1 Å². The summed E-state index contributed by atoms with van der Waals surface area (Å²) in [6.45, 7) is 0.719. The maximum atomic E-state index is 6.09. The molecule has 3 heterocycles. The zero-order chi connectivity index (χ0) is 20.9. The van der Waals surface area contributed by atoms with Gasteiger partial charge in [-0.2, -0.15) is 0 Å². The lowest BCUT2D eigenvalue weighted by Gasteiger charge is -2.10. The van der Waals surface area contributed by atoms with Crippen LogP contribution < -0.4 is 4.74 Å². The Bertz CT molecular complexity index is 801. The molecule has 3 aromatic rings. The van der Waals surface area contributed by atoms with E-state index < -0.39 is 0 Å². The Morgan fingerprint density at radius 2 is 1.17 bits per heavy atom. The van der Waals surface area contributed by atoms with Crippen LogP contribution in [0, 0.1) is 0 Å². The average molecular weight is 468 g/mol. The number of halogens is 1. The van der Waals surface area contributed by atoms with Gasteiger partial charge in [0.05, 0.1) is 29.4 Å². The summed E-state index contributed by atoms with van der Waals surface area (Å²) in [6, 6.07) is 15.6. The van der Waals surface area contributed by atoms with E-state index in [4.69, 9.17) is 9.72 Å². The molecule has 158 valence electrons. The Kier molecular flexibility index (Phi) is 9.80. The van der Waals surface area contributed by atoms with E-state index in [-0.39, 0.29) is 0 Å². The van der Waals surface area contributed by atoms with E-state index in [1.54, 1.807) is 12.4 Å². The minimum Gasteiger partial charge on any atom is -0.493 e. The van der Waals surface area contributed by atoms with E-state index in [1.165, 1.54) is 44.9 Å². The highest BCUT2D eigenvalue weighted by molar-refractivity contribution is 9.09. The van der Waals surface area contributed by atoms with Crippen LogP contribution in [0.3, 0.4) is 0 Å². The summed E-state index contributed by atoms with van der Waals surface area (Å²) in [4.78, 5) is 13.6. The number of hydrogen-bond acceptors (Lipinski definition) is 4. The lowest BCUT2D eigenvalue weighted by atomic mass is 10.1. The van der Waals surface area contributed by atoms with Crippen molar-refractivity contribution in [2.24, 2.45) is 0 Å². The predicted octanol–water partition coefficient (Wildman–Crippen LogP) is 7.10. The molecule has 0 aromatic carbocycles. The minimum absolute atomic E-state index is 0.719. The summed E-state index contributed by atoms with van der Waals surface area (Å²) >= 11 is 3.49. The third-order valence-electron chi connectivity index (χ3n) is 4.95. The molecule has 0 aliphatic rings. The number of nitrogens with zero attached hydrogens (tertiary/aromatic N) is 3. The van der Waals surface area contributed by atoms with Gasteiger partial charge in [0.2, 0.25) is 0 Å². The highest BCUT2D eigenvalue weighted by Crippen LogP contribution is 2.26. The third-order valence-corrected chi connectivity index (χ3v) is 5.51. The first kappa shape index (κ1) is 22.4. The average Bonchev–Trinajstić information content (AvgIpc) is 2.81. The van der Waals surface area contributed by atoms with Crippen molar-refractivity contribution >= 4 is 15.9 Å². The van der Waals surface area contributed by atoms with Crippen LogP contribution in [0.4, 0.5) is 0 Å². The highest BCUT2D eigenvalue weighted by atomic mass is 79.9. The van der Waals surface area contributed by atoms with Crippen LogP contribution >= 0.6 is 15.9 Å². The van der Waals surface area contributed by atoms with Gasteiger partial charge < -0.3 is 4.74 Å². The van der Waals surface area contributed by atoms with E-state index in [9.17, 15) is 0 Å². The molecular weight excluding hydrogens is 438 g/mol. The van der Waals surface area contributed by atoms with Gasteiger partial charge in [0.1, 0.15) is 5.75 Å². The van der Waals surface area contributed by atoms with Crippen LogP contribution in [0.5, 0.6) is 5.75 Å². The second-order valence-corrected chi connectivity index (χ2v) is 8.16. The summed E-state index contributed by atoms with van der Waals surface area (Å²) in [6.07, 6.45) is 13.8. The van der Waals surface area contributed by atoms with Crippen LogP contribution in [0.25, 0.3) is 22.8 Å². The fraction of sp³-hybridized carbons (Fsp3) is 0.400. The molecule has 4 nitrogen and oxygen atoms in total. The van der Waals surface area contributed by atoms with Crippen LogP contribution in [-0.2, 0) is 0 Å². The molecular formula is C25H30BrN3O. The Morgan fingerprint density at radius 3 is 1.67 bits per heavy atom. The van der Waals surface area contributed by atoms with Crippen molar-refractivity contribution in [2.75, 3.05) is 11.9 Å². The SMILES string of the molecule is BrCCCCCCCCCCOc1cc(-c2ccccn2)nc(-c2ccccn2)c1. The van der Waals surface area contributed by atoms with Crippen molar-refractivity contribution in [3.63, 3.8) is 0 Å². The van der Waals surface area contributed by atoms with Crippen molar-refractivity contribution in [3.05, 3.63) is 60.9 Å². The molecule has 0 atom stereocenters. The summed E-state index contributed by atoms with van der Waals surface area (Å²) in [7, 11) is 0. The van der Waals surface area contributed by atoms with Crippen molar-refractivity contribution in [3.8, 4) is 28.5 Å². The van der Waals surface area contributed by atoms with Gasteiger partial charge >= 0.3 is 0 Å². The summed E-state index contributed by atoms with van der Waals surface area (Å²) in [5, 5.41) is 1.13. The summed E-state index contributed by atoms with van der Waals surface area (Å²) in [5.74, 6) is 0.820. The van der Waals surface area contributed by atoms with Crippen molar-refractivity contribution in [1.82, 2.24) is 15.0 Å². The maximum Gasteiger partial charge on any atom is 0.123 e. The Morgan fingerprint density at radius 1 is 0.633 bits per heavy atom. The summed E-state index contributed by atoms with van der Waals surface area (Å²) < 4.78 is 6.09. The second-order valence-electron chi connectivity index (χ2n) is 7.37. The van der Waals surface area contributed by atoms with Gasteiger partial charge in [-0.1, -0.05) is 66.6 Å². The Hall–Kier alpha value is -2.27. The van der Waals surface area contributed by atoms with E-state index in [0.29, 0.717) is 0 Å². The largest absolute Gasteiger partial charge is 0.493 e. The number of hydrogen-bond donors (Lipinski definition) is 0. The zero-order valence-electron chi connectivity index (χ0n) is 17.5. The van der Waals surface area contributed by atoms with Gasteiger partial charge in [-0.15, -0.1) is 0 Å². The van der Waals surface area contributed by atoms with Crippen LogP contribution in [-0.4, -0.2) is 26.9 Å². The minimum atomic E-state index is 0.719. The van der Waals surface area contributed by atoms with Crippen LogP contribution in [0.15, 0.2) is 60.9 Å². The molecule has 30 heavy (non-hydrogen) atoms. The van der Waals surface area contributed by atoms with Crippen LogP contribution in [0.1, 0.15) is 51.4 Å². The molecule has 0 amide bonds. The predicted molar refractivity (Wildman–Crippen MR) is 127 cm³/mol. The smallest absolute Gasteiger partial charge is 0.123 e. The number of alkyl halides is 1.